The molecule has 2 amide bonds. The van der Waals surface area contributed by atoms with Gasteiger partial charge >= 0.3 is 0 Å². The number of carbonyl (C=O) groups excluding carboxylic acids is 2. The molecule has 1 aliphatic heterocycles. The number of piperidine rings is 1. The van der Waals surface area contributed by atoms with Crippen molar-refractivity contribution in [3.8, 4) is 5.75 Å². The van der Waals surface area contributed by atoms with Gasteiger partial charge in [-0.1, -0.05) is 6.07 Å². The summed E-state index contributed by atoms with van der Waals surface area (Å²) in [5.41, 5.74) is 0.714. The molecule has 0 saturated carbocycles. The largest absolute Gasteiger partial charge is 0.486 e. The summed E-state index contributed by atoms with van der Waals surface area (Å²) in [4.78, 5) is 32.0. The highest BCUT2D eigenvalue weighted by Gasteiger charge is 2.29. The number of hydrogen-bond donors (Lipinski definition) is 1. The molecule has 30 heavy (non-hydrogen) atoms. The maximum absolute atomic E-state index is 12.7. The molecule has 1 aromatic carbocycles. The predicted molar refractivity (Wildman–Crippen MR) is 116 cm³/mol. The second kappa shape index (κ2) is 9.13. The standard InChI is InChI=1S/C22H24N4O3S/c1-25-12-10-23-20(25)15-29-18-8-6-17(7-9-18)24-21(27)16-4-2-11-26(14-16)22(28)19-5-3-13-30-19/h3,5-10,12-13,16H,2,4,11,14-15H2,1H3,(H,24,27). The Morgan fingerprint density at radius 1 is 1.27 bits per heavy atom. The third-order valence-electron chi connectivity index (χ3n) is 5.22. The number of amides is 2. The van der Waals surface area contributed by atoms with Crippen LogP contribution in [0.1, 0.15) is 28.3 Å². The topological polar surface area (TPSA) is 76.5 Å². The second-order valence-electron chi connectivity index (χ2n) is 7.32. The van der Waals surface area contributed by atoms with E-state index >= 15 is 0 Å². The zero-order valence-corrected chi connectivity index (χ0v) is 17.6. The van der Waals surface area contributed by atoms with Crippen LogP contribution in [0.3, 0.4) is 0 Å². The molecule has 0 aliphatic carbocycles. The molecule has 3 aromatic rings. The molecule has 0 bridgehead atoms. The third kappa shape index (κ3) is 4.71. The first-order chi connectivity index (χ1) is 14.6. The molecule has 7 nitrogen and oxygen atoms in total. The molecular formula is C22H24N4O3S. The van der Waals surface area contributed by atoms with Crippen LogP contribution in [0.4, 0.5) is 5.69 Å². The molecule has 1 N–H and O–H groups in total. The first kappa shape index (κ1) is 20.2. The Balaban J connectivity index is 1.31. The summed E-state index contributed by atoms with van der Waals surface area (Å²) >= 11 is 1.43. The predicted octanol–water partition coefficient (Wildman–Crippen LogP) is 3.55. The van der Waals surface area contributed by atoms with E-state index in [1.54, 1.807) is 11.1 Å². The van der Waals surface area contributed by atoms with Gasteiger partial charge in [-0.3, -0.25) is 9.59 Å². The molecular weight excluding hydrogens is 400 g/mol. The van der Waals surface area contributed by atoms with E-state index in [0.29, 0.717) is 31.1 Å². The molecule has 8 heteroatoms. The Hall–Kier alpha value is -3.13. The minimum Gasteiger partial charge on any atom is -0.486 e. The summed E-state index contributed by atoms with van der Waals surface area (Å²) in [5.74, 6) is 1.30. The zero-order chi connectivity index (χ0) is 20.9. The Morgan fingerprint density at radius 2 is 2.10 bits per heavy atom. The summed E-state index contributed by atoms with van der Waals surface area (Å²) in [7, 11) is 1.92. The molecule has 156 valence electrons. The van der Waals surface area contributed by atoms with Gasteiger partial charge in [-0.25, -0.2) is 4.98 Å². The quantitative estimate of drug-likeness (QED) is 0.657. The van der Waals surface area contributed by atoms with Gasteiger partial charge in [0.2, 0.25) is 5.91 Å². The molecule has 3 heterocycles. The number of benzene rings is 1. The van der Waals surface area contributed by atoms with E-state index in [4.69, 9.17) is 4.74 Å². The van der Waals surface area contributed by atoms with Gasteiger partial charge in [-0.15, -0.1) is 11.3 Å². The number of nitrogens with zero attached hydrogens (tertiary/aromatic N) is 3. The molecule has 1 fully saturated rings. The fraction of sp³-hybridized carbons (Fsp3) is 0.318. The van der Waals surface area contributed by atoms with Gasteiger partial charge in [0, 0.05) is 38.2 Å². The van der Waals surface area contributed by atoms with E-state index in [1.807, 2.05) is 59.6 Å². The van der Waals surface area contributed by atoms with Crippen molar-refractivity contribution < 1.29 is 14.3 Å². The summed E-state index contributed by atoms with van der Waals surface area (Å²) in [6, 6.07) is 11.0. The van der Waals surface area contributed by atoms with Crippen molar-refractivity contribution in [1.29, 1.82) is 0 Å². The fourth-order valence-corrected chi connectivity index (χ4v) is 4.18. The van der Waals surface area contributed by atoms with E-state index in [-0.39, 0.29) is 17.7 Å². The number of hydrogen-bond acceptors (Lipinski definition) is 5. The van der Waals surface area contributed by atoms with E-state index in [2.05, 4.69) is 10.3 Å². The average Bonchev–Trinajstić information content (AvgIpc) is 3.45. The monoisotopic (exact) mass is 424 g/mol. The number of thiophene rings is 1. The SMILES string of the molecule is Cn1ccnc1COc1ccc(NC(=O)C2CCCN(C(=O)c3cccs3)C2)cc1. The van der Waals surface area contributed by atoms with Crippen LogP contribution in [0.5, 0.6) is 5.75 Å². The van der Waals surface area contributed by atoms with Crippen molar-refractivity contribution in [3.05, 3.63) is 64.9 Å². The lowest BCUT2D eigenvalue weighted by atomic mass is 9.97. The van der Waals surface area contributed by atoms with Crippen molar-refractivity contribution in [2.24, 2.45) is 13.0 Å². The normalized spacial score (nSPS) is 16.3. The lowest BCUT2D eigenvalue weighted by Gasteiger charge is -2.31. The molecule has 1 unspecified atom stereocenters. The second-order valence-corrected chi connectivity index (χ2v) is 8.27. The number of imidazole rings is 1. The van der Waals surface area contributed by atoms with Crippen LogP contribution in [0.25, 0.3) is 0 Å². The molecule has 1 aliphatic rings. The van der Waals surface area contributed by atoms with Crippen LogP contribution in [0, 0.1) is 5.92 Å². The minimum atomic E-state index is -0.206. The molecule has 1 saturated heterocycles. The Kier molecular flexibility index (Phi) is 6.13. The Labute approximate surface area is 179 Å². The zero-order valence-electron chi connectivity index (χ0n) is 16.8. The lowest BCUT2D eigenvalue weighted by molar-refractivity contribution is -0.121. The highest BCUT2D eigenvalue weighted by Crippen LogP contribution is 2.23. The average molecular weight is 425 g/mol. The first-order valence-electron chi connectivity index (χ1n) is 9.93. The van der Waals surface area contributed by atoms with E-state index in [1.165, 1.54) is 11.3 Å². The van der Waals surface area contributed by atoms with Crippen molar-refractivity contribution in [2.45, 2.75) is 19.4 Å². The van der Waals surface area contributed by atoms with Crippen LogP contribution < -0.4 is 10.1 Å². The number of aryl methyl sites for hydroxylation is 1. The van der Waals surface area contributed by atoms with Crippen LogP contribution in [-0.2, 0) is 18.4 Å². The first-order valence-corrected chi connectivity index (χ1v) is 10.8. The maximum Gasteiger partial charge on any atom is 0.263 e. The lowest BCUT2D eigenvalue weighted by Crippen LogP contribution is -2.43. The molecule has 4 rings (SSSR count). The van der Waals surface area contributed by atoms with Crippen LogP contribution in [0.2, 0.25) is 0 Å². The van der Waals surface area contributed by atoms with Crippen LogP contribution >= 0.6 is 11.3 Å². The Morgan fingerprint density at radius 3 is 2.80 bits per heavy atom. The molecule has 2 aromatic heterocycles. The van der Waals surface area contributed by atoms with Gasteiger partial charge in [0.1, 0.15) is 18.2 Å². The summed E-state index contributed by atoms with van der Waals surface area (Å²) in [5, 5.41) is 4.86. The summed E-state index contributed by atoms with van der Waals surface area (Å²) < 4.78 is 7.65. The Bertz CT molecular complexity index is 998. The van der Waals surface area contributed by atoms with Gasteiger partial charge in [-0.05, 0) is 48.6 Å². The van der Waals surface area contributed by atoms with E-state index in [9.17, 15) is 9.59 Å². The minimum absolute atomic E-state index is 0.0108. The smallest absolute Gasteiger partial charge is 0.263 e. The maximum atomic E-state index is 12.7. The van der Waals surface area contributed by atoms with Gasteiger partial charge in [0.15, 0.2) is 0 Å². The van der Waals surface area contributed by atoms with Crippen molar-refractivity contribution in [1.82, 2.24) is 14.5 Å². The van der Waals surface area contributed by atoms with Gasteiger partial charge < -0.3 is 19.5 Å². The third-order valence-corrected chi connectivity index (χ3v) is 6.08. The fourth-order valence-electron chi connectivity index (χ4n) is 3.49. The van der Waals surface area contributed by atoms with Crippen LogP contribution in [0.15, 0.2) is 54.2 Å². The van der Waals surface area contributed by atoms with Gasteiger partial charge in [-0.2, -0.15) is 0 Å². The number of likely N-dealkylation sites (tertiary alicyclic amines) is 1. The molecule has 0 radical (unpaired) electrons. The van der Waals surface area contributed by atoms with Gasteiger partial charge in [0.25, 0.3) is 5.91 Å². The van der Waals surface area contributed by atoms with Crippen molar-refractivity contribution in [3.63, 3.8) is 0 Å². The number of aromatic nitrogens is 2. The number of anilines is 1. The van der Waals surface area contributed by atoms with Crippen molar-refractivity contribution in [2.75, 3.05) is 18.4 Å². The number of nitrogens with one attached hydrogen (secondary N) is 1. The van der Waals surface area contributed by atoms with E-state index in [0.717, 1.165) is 23.5 Å². The molecule has 0 spiro atoms. The van der Waals surface area contributed by atoms with Crippen molar-refractivity contribution >= 4 is 28.8 Å². The summed E-state index contributed by atoms with van der Waals surface area (Å²) in [6.45, 7) is 1.53. The highest BCUT2D eigenvalue weighted by atomic mass is 32.1. The summed E-state index contributed by atoms with van der Waals surface area (Å²) in [6.07, 6.45) is 5.22. The van der Waals surface area contributed by atoms with E-state index < -0.39 is 0 Å². The van der Waals surface area contributed by atoms with Gasteiger partial charge in [0.05, 0.1) is 10.8 Å². The number of rotatable bonds is 6. The number of ether oxygens (including phenoxy) is 1. The number of carbonyl (C=O) groups is 2. The highest BCUT2D eigenvalue weighted by molar-refractivity contribution is 7.12. The van der Waals surface area contributed by atoms with Crippen LogP contribution in [-0.4, -0.2) is 39.4 Å². The molecule has 1 atom stereocenters.